The zero-order valence-corrected chi connectivity index (χ0v) is 19.6. The quantitative estimate of drug-likeness (QED) is 0.598. The molecule has 1 amide bonds. The third-order valence-corrected chi connectivity index (χ3v) is 6.84. The summed E-state index contributed by atoms with van der Waals surface area (Å²) in [6, 6.07) is 9.90. The van der Waals surface area contributed by atoms with Crippen LogP contribution in [0.25, 0.3) is 0 Å². The van der Waals surface area contributed by atoms with Gasteiger partial charge in [-0.3, -0.25) is 4.79 Å². The summed E-state index contributed by atoms with van der Waals surface area (Å²) in [6.07, 6.45) is 0. The van der Waals surface area contributed by atoms with Crippen LogP contribution in [-0.4, -0.2) is 53.0 Å². The number of nitrogens with zero attached hydrogens (tertiary/aromatic N) is 1. The van der Waals surface area contributed by atoms with Crippen molar-refractivity contribution in [1.82, 2.24) is 9.62 Å². The van der Waals surface area contributed by atoms with Crippen LogP contribution < -0.4 is 19.5 Å². The molecule has 1 unspecified atom stereocenters. The molecule has 0 spiro atoms. The lowest BCUT2D eigenvalue weighted by molar-refractivity contribution is -0.121. The Kier molecular flexibility index (Phi) is 8.29. The molecule has 0 aliphatic heterocycles. The minimum Gasteiger partial charge on any atom is -0.495 e. The van der Waals surface area contributed by atoms with Crippen molar-refractivity contribution in [2.24, 2.45) is 0 Å². The van der Waals surface area contributed by atoms with Gasteiger partial charge in [0.2, 0.25) is 15.9 Å². The van der Waals surface area contributed by atoms with Gasteiger partial charge in [-0.15, -0.1) is 0 Å². The number of sulfonamides is 1. The van der Waals surface area contributed by atoms with Gasteiger partial charge in [-0.2, -0.15) is 4.31 Å². The Labute approximate surface area is 184 Å². The van der Waals surface area contributed by atoms with E-state index in [9.17, 15) is 13.2 Å². The summed E-state index contributed by atoms with van der Waals surface area (Å²) in [4.78, 5) is 12.7. The molecule has 0 aliphatic carbocycles. The molecule has 31 heavy (non-hydrogen) atoms. The van der Waals surface area contributed by atoms with Crippen LogP contribution in [0.2, 0.25) is 0 Å². The van der Waals surface area contributed by atoms with Crippen LogP contribution in [0.1, 0.15) is 31.0 Å². The molecule has 0 aromatic heterocycles. The summed E-state index contributed by atoms with van der Waals surface area (Å²) < 4.78 is 43.2. The van der Waals surface area contributed by atoms with Crippen LogP contribution in [0.3, 0.4) is 0 Å². The molecule has 0 aliphatic rings. The standard InChI is InChI=1S/C22H30N2O6S/c1-7-24(31(26,27)21-12-15(2)8-10-19(21)29-5)14-22(25)23-16(3)17-9-11-18(28-4)20(13-17)30-6/h8-13,16H,7,14H2,1-6H3,(H,23,25). The second-order valence-corrected chi connectivity index (χ2v) is 8.90. The Balaban J connectivity index is 2.19. The topological polar surface area (TPSA) is 94.2 Å². The van der Waals surface area contributed by atoms with Gasteiger partial charge in [-0.05, 0) is 49.2 Å². The summed E-state index contributed by atoms with van der Waals surface area (Å²) in [5, 5.41) is 2.84. The summed E-state index contributed by atoms with van der Waals surface area (Å²) in [5.74, 6) is 0.952. The summed E-state index contributed by atoms with van der Waals surface area (Å²) in [6.45, 7) is 5.12. The maximum absolute atomic E-state index is 13.2. The number of methoxy groups -OCH3 is 3. The van der Waals surface area contributed by atoms with E-state index in [0.717, 1.165) is 15.4 Å². The van der Waals surface area contributed by atoms with E-state index in [-0.39, 0.29) is 29.8 Å². The van der Waals surface area contributed by atoms with Crippen molar-refractivity contribution in [1.29, 1.82) is 0 Å². The molecule has 2 aromatic rings. The fourth-order valence-corrected chi connectivity index (χ4v) is 4.79. The molecular weight excluding hydrogens is 420 g/mol. The maximum Gasteiger partial charge on any atom is 0.247 e. The number of carbonyl (C=O) groups excluding carboxylic acids is 1. The van der Waals surface area contributed by atoms with Gasteiger partial charge >= 0.3 is 0 Å². The van der Waals surface area contributed by atoms with Crippen molar-refractivity contribution >= 4 is 15.9 Å². The van der Waals surface area contributed by atoms with Gasteiger partial charge < -0.3 is 19.5 Å². The number of likely N-dealkylation sites (N-methyl/N-ethyl adjacent to an activating group) is 1. The second kappa shape index (κ2) is 10.5. The van der Waals surface area contributed by atoms with E-state index in [4.69, 9.17) is 14.2 Å². The second-order valence-electron chi connectivity index (χ2n) is 6.99. The highest BCUT2D eigenvalue weighted by Crippen LogP contribution is 2.30. The van der Waals surface area contributed by atoms with Crippen LogP contribution in [0.15, 0.2) is 41.3 Å². The van der Waals surface area contributed by atoms with E-state index < -0.39 is 15.9 Å². The highest BCUT2D eigenvalue weighted by molar-refractivity contribution is 7.89. The number of hydrogen-bond acceptors (Lipinski definition) is 6. The molecule has 0 radical (unpaired) electrons. The van der Waals surface area contributed by atoms with Crippen molar-refractivity contribution in [3.8, 4) is 17.2 Å². The number of benzene rings is 2. The molecule has 0 heterocycles. The van der Waals surface area contributed by atoms with E-state index in [1.165, 1.54) is 14.2 Å². The lowest BCUT2D eigenvalue weighted by Gasteiger charge is -2.23. The first-order valence-corrected chi connectivity index (χ1v) is 11.3. The van der Waals surface area contributed by atoms with Crippen molar-refractivity contribution in [3.05, 3.63) is 47.5 Å². The predicted octanol–water partition coefficient (Wildman–Crippen LogP) is 2.91. The average Bonchev–Trinajstić information content (AvgIpc) is 2.76. The maximum atomic E-state index is 13.2. The van der Waals surface area contributed by atoms with Crippen LogP contribution in [0.4, 0.5) is 0 Å². The van der Waals surface area contributed by atoms with Gasteiger partial charge in [0.1, 0.15) is 10.6 Å². The number of amides is 1. The van der Waals surface area contributed by atoms with Crippen molar-refractivity contribution in [2.75, 3.05) is 34.4 Å². The zero-order valence-electron chi connectivity index (χ0n) is 18.8. The number of nitrogens with one attached hydrogen (secondary N) is 1. The molecule has 2 rings (SSSR count). The predicted molar refractivity (Wildman–Crippen MR) is 118 cm³/mol. The number of hydrogen-bond donors (Lipinski definition) is 1. The average molecular weight is 451 g/mol. The summed E-state index contributed by atoms with van der Waals surface area (Å²) in [5.41, 5.74) is 1.58. The van der Waals surface area contributed by atoms with Gasteiger partial charge in [-0.1, -0.05) is 19.1 Å². The fraction of sp³-hybridized carbons (Fsp3) is 0.409. The van der Waals surface area contributed by atoms with E-state index in [0.29, 0.717) is 11.5 Å². The molecule has 0 saturated carbocycles. The van der Waals surface area contributed by atoms with Gasteiger partial charge in [0.15, 0.2) is 11.5 Å². The first kappa shape index (κ1) is 24.5. The first-order valence-electron chi connectivity index (χ1n) is 9.84. The SMILES string of the molecule is CCN(CC(=O)NC(C)c1ccc(OC)c(OC)c1)S(=O)(=O)c1cc(C)ccc1OC. The largest absolute Gasteiger partial charge is 0.495 e. The Bertz CT molecular complexity index is 1020. The Hall–Kier alpha value is -2.78. The van der Waals surface area contributed by atoms with E-state index >= 15 is 0 Å². The Morgan fingerprint density at radius 1 is 1.00 bits per heavy atom. The fourth-order valence-electron chi connectivity index (χ4n) is 3.14. The first-order chi connectivity index (χ1) is 14.7. The number of aryl methyl sites for hydroxylation is 1. The molecule has 170 valence electrons. The molecule has 9 heteroatoms. The van der Waals surface area contributed by atoms with E-state index in [1.807, 2.05) is 13.0 Å². The van der Waals surface area contributed by atoms with Gasteiger partial charge in [0.25, 0.3) is 0 Å². The minimum absolute atomic E-state index is 0.0394. The minimum atomic E-state index is -3.92. The van der Waals surface area contributed by atoms with Crippen molar-refractivity contribution in [2.45, 2.75) is 31.7 Å². The molecule has 1 N–H and O–H groups in total. The third kappa shape index (κ3) is 5.68. The highest BCUT2D eigenvalue weighted by Gasteiger charge is 2.29. The number of rotatable bonds is 10. The van der Waals surface area contributed by atoms with Gasteiger partial charge in [-0.25, -0.2) is 8.42 Å². The molecule has 8 nitrogen and oxygen atoms in total. The van der Waals surface area contributed by atoms with Crippen LogP contribution >= 0.6 is 0 Å². The smallest absolute Gasteiger partial charge is 0.247 e. The van der Waals surface area contributed by atoms with Gasteiger partial charge in [0, 0.05) is 6.54 Å². The van der Waals surface area contributed by atoms with Crippen molar-refractivity contribution < 1.29 is 27.4 Å². The normalized spacial score (nSPS) is 12.4. The molecule has 1 atom stereocenters. The molecule has 0 fully saturated rings. The Morgan fingerprint density at radius 3 is 2.19 bits per heavy atom. The highest BCUT2D eigenvalue weighted by atomic mass is 32.2. The van der Waals surface area contributed by atoms with Crippen LogP contribution in [0.5, 0.6) is 17.2 Å². The monoisotopic (exact) mass is 450 g/mol. The zero-order chi connectivity index (χ0) is 23.2. The summed E-state index contributed by atoms with van der Waals surface area (Å²) in [7, 11) is 0.577. The van der Waals surface area contributed by atoms with Gasteiger partial charge in [0.05, 0.1) is 33.9 Å². The lowest BCUT2D eigenvalue weighted by atomic mass is 10.1. The number of carbonyl (C=O) groups is 1. The van der Waals surface area contributed by atoms with Crippen LogP contribution in [-0.2, 0) is 14.8 Å². The molecule has 2 aromatic carbocycles. The number of ether oxygens (including phenoxy) is 3. The lowest BCUT2D eigenvalue weighted by Crippen LogP contribution is -2.41. The van der Waals surface area contributed by atoms with E-state index in [1.54, 1.807) is 51.3 Å². The van der Waals surface area contributed by atoms with E-state index in [2.05, 4.69) is 5.32 Å². The third-order valence-electron chi connectivity index (χ3n) is 4.89. The Morgan fingerprint density at radius 2 is 1.61 bits per heavy atom. The van der Waals surface area contributed by atoms with Crippen LogP contribution in [0, 0.1) is 6.92 Å². The molecule has 0 bridgehead atoms. The van der Waals surface area contributed by atoms with Crippen molar-refractivity contribution in [3.63, 3.8) is 0 Å². The summed E-state index contributed by atoms with van der Waals surface area (Å²) >= 11 is 0. The molecular formula is C22H30N2O6S. The molecule has 0 saturated heterocycles.